The Hall–Kier alpha value is -1.93. The van der Waals surface area contributed by atoms with Gasteiger partial charge in [-0.15, -0.1) is 0 Å². The van der Waals surface area contributed by atoms with E-state index in [-0.39, 0.29) is 22.9 Å². The molecule has 8 heteroatoms. The summed E-state index contributed by atoms with van der Waals surface area (Å²) in [7, 11) is -2.33. The molecule has 1 amide bonds. The number of hydrogen-bond acceptors (Lipinski definition) is 4. The standard InChI is InChI=1S/C19H28N2O5S/c1-4-5-12-20(3)18(22)16-9-6-7-11-17(16)27(25,26)21-13-8-10-15(14(21)2)19(23)24/h6-7,9,11,14-15H,4-5,8,10,12-13H2,1-3H3,(H,23,24)/t14-,15-/m0/s1. The molecule has 0 aliphatic carbocycles. The number of carboxylic acids is 1. The average molecular weight is 397 g/mol. The number of benzene rings is 1. The predicted octanol–water partition coefficient (Wildman–Crippen LogP) is 2.43. The normalized spacial score (nSPS) is 21.0. The molecule has 1 aromatic rings. The zero-order valence-corrected chi connectivity index (χ0v) is 16.9. The van der Waals surface area contributed by atoms with Gasteiger partial charge < -0.3 is 10.0 Å². The van der Waals surface area contributed by atoms with Gasteiger partial charge in [0.05, 0.1) is 16.4 Å². The van der Waals surface area contributed by atoms with E-state index in [4.69, 9.17) is 0 Å². The number of aliphatic carboxylic acids is 1. The van der Waals surface area contributed by atoms with Gasteiger partial charge in [-0.2, -0.15) is 4.31 Å². The molecular weight excluding hydrogens is 368 g/mol. The number of hydrogen-bond donors (Lipinski definition) is 1. The van der Waals surface area contributed by atoms with E-state index >= 15 is 0 Å². The molecule has 0 aromatic heterocycles. The lowest BCUT2D eigenvalue weighted by molar-refractivity contribution is -0.144. The summed E-state index contributed by atoms with van der Waals surface area (Å²) in [6.07, 6.45) is 2.69. The van der Waals surface area contributed by atoms with E-state index < -0.39 is 28.0 Å². The summed E-state index contributed by atoms with van der Waals surface area (Å²) < 4.78 is 27.8. The van der Waals surface area contributed by atoms with Crippen LogP contribution in [0, 0.1) is 5.92 Å². The number of carbonyl (C=O) groups excluding carboxylic acids is 1. The first kappa shape index (κ1) is 21.4. The Morgan fingerprint density at radius 3 is 2.59 bits per heavy atom. The molecule has 1 fully saturated rings. The van der Waals surface area contributed by atoms with Crippen molar-refractivity contribution in [3.63, 3.8) is 0 Å². The molecule has 2 rings (SSSR count). The topological polar surface area (TPSA) is 95.0 Å². The smallest absolute Gasteiger partial charge is 0.308 e. The van der Waals surface area contributed by atoms with E-state index in [9.17, 15) is 23.1 Å². The molecule has 27 heavy (non-hydrogen) atoms. The van der Waals surface area contributed by atoms with Crippen molar-refractivity contribution in [3.05, 3.63) is 29.8 Å². The van der Waals surface area contributed by atoms with Gasteiger partial charge in [0.15, 0.2) is 0 Å². The fourth-order valence-corrected chi connectivity index (χ4v) is 5.37. The number of nitrogens with zero attached hydrogens (tertiary/aromatic N) is 2. The van der Waals surface area contributed by atoms with Crippen LogP contribution in [0.3, 0.4) is 0 Å². The maximum Gasteiger partial charge on any atom is 0.308 e. The number of sulfonamides is 1. The van der Waals surface area contributed by atoms with Gasteiger partial charge in [-0.25, -0.2) is 8.42 Å². The minimum Gasteiger partial charge on any atom is -0.481 e. The van der Waals surface area contributed by atoms with Crippen LogP contribution in [0.4, 0.5) is 0 Å². The second-order valence-electron chi connectivity index (χ2n) is 7.02. The molecular formula is C19H28N2O5S. The molecule has 0 spiro atoms. The van der Waals surface area contributed by atoms with Gasteiger partial charge in [0.2, 0.25) is 10.0 Å². The van der Waals surface area contributed by atoms with Crippen LogP contribution in [-0.4, -0.2) is 60.8 Å². The van der Waals surface area contributed by atoms with Gasteiger partial charge in [0.1, 0.15) is 0 Å². The molecule has 1 aromatic carbocycles. The Bertz CT molecular complexity index is 793. The van der Waals surface area contributed by atoms with Crippen LogP contribution in [0.1, 0.15) is 49.9 Å². The molecule has 0 radical (unpaired) electrons. The first-order valence-electron chi connectivity index (χ1n) is 9.31. The highest BCUT2D eigenvalue weighted by molar-refractivity contribution is 7.89. The first-order valence-corrected chi connectivity index (χ1v) is 10.7. The zero-order chi connectivity index (χ0) is 20.2. The van der Waals surface area contributed by atoms with Gasteiger partial charge in [-0.3, -0.25) is 9.59 Å². The van der Waals surface area contributed by atoms with E-state index in [0.29, 0.717) is 19.4 Å². The number of piperidine rings is 1. The Labute approximate surface area is 161 Å². The third-order valence-electron chi connectivity index (χ3n) is 5.15. The molecule has 1 saturated heterocycles. The van der Waals surface area contributed by atoms with Crippen LogP contribution in [-0.2, 0) is 14.8 Å². The van der Waals surface area contributed by atoms with Crippen LogP contribution in [0.2, 0.25) is 0 Å². The van der Waals surface area contributed by atoms with Gasteiger partial charge in [0.25, 0.3) is 5.91 Å². The second-order valence-corrected chi connectivity index (χ2v) is 8.88. The molecule has 2 atom stereocenters. The van der Waals surface area contributed by atoms with Gasteiger partial charge >= 0.3 is 5.97 Å². The van der Waals surface area contributed by atoms with Gasteiger partial charge in [-0.05, 0) is 38.3 Å². The van der Waals surface area contributed by atoms with Crippen molar-refractivity contribution in [1.82, 2.24) is 9.21 Å². The Morgan fingerprint density at radius 1 is 1.30 bits per heavy atom. The summed E-state index contributed by atoms with van der Waals surface area (Å²) in [6.45, 7) is 4.44. The van der Waals surface area contributed by atoms with Crippen molar-refractivity contribution in [3.8, 4) is 0 Å². The lowest BCUT2D eigenvalue weighted by atomic mass is 9.92. The van der Waals surface area contributed by atoms with E-state index in [1.807, 2.05) is 6.92 Å². The van der Waals surface area contributed by atoms with Gasteiger partial charge in [-0.1, -0.05) is 25.5 Å². The molecule has 0 bridgehead atoms. The second kappa shape index (κ2) is 8.84. The fourth-order valence-electron chi connectivity index (χ4n) is 3.48. The highest BCUT2D eigenvalue weighted by Crippen LogP contribution is 2.31. The van der Waals surface area contributed by atoms with Crippen molar-refractivity contribution in [2.24, 2.45) is 5.92 Å². The molecule has 1 aliphatic rings. The van der Waals surface area contributed by atoms with Crippen LogP contribution < -0.4 is 0 Å². The van der Waals surface area contributed by atoms with E-state index in [1.54, 1.807) is 26.1 Å². The summed E-state index contributed by atoms with van der Waals surface area (Å²) in [5.74, 6) is -2.09. The van der Waals surface area contributed by atoms with Crippen molar-refractivity contribution in [1.29, 1.82) is 0 Å². The van der Waals surface area contributed by atoms with Crippen molar-refractivity contribution >= 4 is 21.9 Å². The Balaban J connectivity index is 2.39. The summed E-state index contributed by atoms with van der Waals surface area (Å²) in [5, 5.41) is 9.38. The minimum atomic E-state index is -3.98. The maximum atomic E-state index is 13.3. The molecule has 7 nitrogen and oxygen atoms in total. The van der Waals surface area contributed by atoms with Crippen LogP contribution in [0.5, 0.6) is 0 Å². The molecule has 150 valence electrons. The minimum absolute atomic E-state index is 0.0590. The van der Waals surface area contributed by atoms with Crippen LogP contribution >= 0.6 is 0 Å². The number of carbonyl (C=O) groups is 2. The van der Waals surface area contributed by atoms with E-state index in [1.165, 1.54) is 21.3 Å². The summed E-state index contributed by atoms with van der Waals surface area (Å²) >= 11 is 0. The Morgan fingerprint density at radius 2 is 1.96 bits per heavy atom. The number of amides is 1. The Kier molecular flexibility index (Phi) is 7.00. The van der Waals surface area contributed by atoms with Crippen molar-refractivity contribution < 1.29 is 23.1 Å². The molecule has 0 saturated carbocycles. The largest absolute Gasteiger partial charge is 0.481 e. The predicted molar refractivity (Wildman–Crippen MR) is 102 cm³/mol. The first-order chi connectivity index (χ1) is 12.7. The lowest BCUT2D eigenvalue weighted by Gasteiger charge is -2.36. The molecule has 1 heterocycles. The third-order valence-corrected chi connectivity index (χ3v) is 7.19. The number of rotatable bonds is 7. The quantitative estimate of drug-likeness (QED) is 0.764. The lowest BCUT2D eigenvalue weighted by Crippen LogP contribution is -2.49. The van der Waals surface area contributed by atoms with E-state index in [0.717, 1.165) is 12.8 Å². The van der Waals surface area contributed by atoms with Crippen LogP contribution in [0.15, 0.2) is 29.2 Å². The highest BCUT2D eigenvalue weighted by atomic mass is 32.2. The molecule has 0 unspecified atom stereocenters. The summed E-state index contributed by atoms with van der Waals surface area (Å²) in [4.78, 5) is 25.7. The highest BCUT2D eigenvalue weighted by Gasteiger charge is 2.40. The average Bonchev–Trinajstić information content (AvgIpc) is 2.65. The summed E-state index contributed by atoms with van der Waals surface area (Å²) in [6, 6.07) is 5.49. The number of unbranched alkanes of at least 4 members (excludes halogenated alkanes) is 1. The molecule has 1 aliphatic heterocycles. The van der Waals surface area contributed by atoms with Crippen molar-refractivity contribution in [2.45, 2.75) is 50.5 Å². The van der Waals surface area contributed by atoms with E-state index in [2.05, 4.69) is 0 Å². The van der Waals surface area contributed by atoms with Crippen LogP contribution in [0.25, 0.3) is 0 Å². The fraction of sp³-hybridized carbons (Fsp3) is 0.579. The van der Waals surface area contributed by atoms with Gasteiger partial charge in [0, 0.05) is 26.2 Å². The zero-order valence-electron chi connectivity index (χ0n) is 16.1. The molecule has 1 N–H and O–H groups in total. The SMILES string of the molecule is CCCCN(C)C(=O)c1ccccc1S(=O)(=O)N1CCC[C@H](C(=O)O)[C@@H]1C. The van der Waals surface area contributed by atoms with Crippen molar-refractivity contribution in [2.75, 3.05) is 20.1 Å². The summed E-state index contributed by atoms with van der Waals surface area (Å²) in [5.41, 5.74) is 0.126. The third kappa shape index (κ3) is 4.50. The monoisotopic (exact) mass is 396 g/mol. The maximum absolute atomic E-state index is 13.3. The number of carboxylic acid groups (broad SMARTS) is 1.